The van der Waals surface area contributed by atoms with Crippen molar-refractivity contribution in [1.29, 1.82) is 0 Å². The zero-order chi connectivity index (χ0) is 18.5. The molecule has 1 aromatic carbocycles. The van der Waals surface area contributed by atoms with Crippen molar-refractivity contribution in [2.75, 3.05) is 13.7 Å². The number of benzene rings is 1. The lowest BCUT2D eigenvalue weighted by molar-refractivity contribution is -0.0171. The molecule has 0 radical (unpaired) electrons. The van der Waals surface area contributed by atoms with Gasteiger partial charge in [0.2, 0.25) is 5.88 Å². The molecule has 2 heterocycles. The predicted molar refractivity (Wildman–Crippen MR) is 99.0 cm³/mol. The zero-order valence-corrected chi connectivity index (χ0v) is 15.9. The first-order valence-corrected chi connectivity index (χ1v) is 9.37. The third kappa shape index (κ3) is 4.55. The minimum absolute atomic E-state index is 0.0418. The van der Waals surface area contributed by atoms with Gasteiger partial charge < -0.3 is 14.8 Å². The molecular weight excluding hydrogens is 357 g/mol. The third-order valence-electron chi connectivity index (χ3n) is 4.63. The van der Waals surface area contributed by atoms with Crippen LogP contribution in [0.5, 0.6) is 5.88 Å². The smallest absolute Gasteiger partial charge is 0.212 e. The second kappa shape index (κ2) is 8.84. The molecule has 1 aliphatic heterocycles. The second-order valence-corrected chi connectivity index (χ2v) is 7.06. The Balaban J connectivity index is 1.79. The molecule has 142 valence electrons. The molecule has 2 unspecified atom stereocenters. The highest BCUT2D eigenvalue weighted by Gasteiger charge is 2.26. The first-order chi connectivity index (χ1) is 12.6. The van der Waals surface area contributed by atoms with Gasteiger partial charge >= 0.3 is 0 Å². The number of hydrogen-bond acceptors (Lipinski definition) is 4. The summed E-state index contributed by atoms with van der Waals surface area (Å²) in [5.74, 6) is 0.274. The third-order valence-corrected chi connectivity index (χ3v) is 4.87. The van der Waals surface area contributed by atoms with Crippen LogP contribution in [0.2, 0.25) is 5.02 Å². The quantitative estimate of drug-likeness (QED) is 0.784. The highest BCUT2D eigenvalue weighted by molar-refractivity contribution is 6.30. The van der Waals surface area contributed by atoms with Crippen LogP contribution in [-0.2, 0) is 17.9 Å². The van der Waals surface area contributed by atoms with Gasteiger partial charge in [0.05, 0.1) is 17.8 Å². The van der Waals surface area contributed by atoms with E-state index in [1.165, 1.54) is 12.1 Å². The molecule has 1 aromatic heterocycles. The lowest BCUT2D eigenvalue weighted by atomic mass is 10.0. The van der Waals surface area contributed by atoms with Crippen LogP contribution >= 0.6 is 11.6 Å². The Bertz CT molecular complexity index is 732. The van der Waals surface area contributed by atoms with Crippen molar-refractivity contribution in [1.82, 2.24) is 15.1 Å². The molecule has 5 nitrogen and oxygen atoms in total. The first-order valence-electron chi connectivity index (χ1n) is 9.00. The molecule has 1 N–H and O–H groups in total. The van der Waals surface area contributed by atoms with Gasteiger partial charge in [0.25, 0.3) is 0 Å². The fourth-order valence-corrected chi connectivity index (χ4v) is 3.40. The molecule has 26 heavy (non-hydrogen) atoms. The highest BCUT2D eigenvalue weighted by atomic mass is 35.5. The number of nitrogens with one attached hydrogen (secondary N) is 1. The Labute approximate surface area is 158 Å². The van der Waals surface area contributed by atoms with Crippen LogP contribution < -0.4 is 10.1 Å². The van der Waals surface area contributed by atoms with Crippen molar-refractivity contribution in [2.24, 2.45) is 0 Å². The molecule has 0 amide bonds. The number of ether oxygens (including phenoxy) is 2. The molecule has 0 aliphatic carbocycles. The van der Waals surface area contributed by atoms with Crippen molar-refractivity contribution in [3.8, 4) is 5.88 Å². The zero-order valence-electron chi connectivity index (χ0n) is 15.2. The van der Waals surface area contributed by atoms with Crippen molar-refractivity contribution < 1.29 is 13.9 Å². The van der Waals surface area contributed by atoms with Crippen LogP contribution in [0.4, 0.5) is 4.39 Å². The van der Waals surface area contributed by atoms with Gasteiger partial charge in [-0.15, -0.1) is 0 Å². The Morgan fingerprint density at radius 3 is 3.00 bits per heavy atom. The summed E-state index contributed by atoms with van der Waals surface area (Å²) in [6.07, 6.45) is 3.37. The largest absolute Gasteiger partial charge is 0.473 e. The minimum Gasteiger partial charge on any atom is -0.473 e. The fraction of sp³-hybridized carbons (Fsp3) is 0.526. The maximum absolute atomic E-state index is 14.0. The van der Waals surface area contributed by atoms with Crippen LogP contribution in [0, 0.1) is 5.82 Å². The summed E-state index contributed by atoms with van der Waals surface area (Å²) in [5, 5.41) is 8.23. The molecule has 1 aliphatic rings. The highest BCUT2D eigenvalue weighted by Crippen LogP contribution is 2.28. The van der Waals surface area contributed by atoms with Gasteiger partial charge in [0, 0.05) is 29.8 Å². The molecule has 2 atom stereocenters. The normalized spacial score (nSPS) is 18.7. The van der Waals surface area contributed by atoms with E-state index in [4.69, 9.17) is 21.1 Å². The van der Waals surface area contributed by atoms with Crippen LogP contribution in [-0.4, -0.2) is 29.5 Å². The topological polar surface area (TPSA) is 48.3 Å². The van der Waals surface area contributed by atoms with Crippen LogP contribution in [0.25, 0.3) is 0 Å². The lowest BCUT2D eigenvalue weighted by Gasteiger charge is -2.29. The Morgan fingerprint density at radius 2 is 2.27 bits per heavy atom. The SMILES string of the molecule is CNCc1cc(OCc2cc(Cl)ccc2F)n(C(C)C2CCCCO2)n1. The summed E-state index contributed by atoms with van der Waals surface area (Å²) >= 11 is 5.96. The van der Waals surface area contributed by atoms with Gasteiger partial charge in [-0.05, 0) is 51.4 Å². The van der Waals surface area contributed by atoms with Gasteiger partial charge in [-0.2, -0.15) is 5.10 Å². The maximum Gasteiger partial charge on any atom is 0.212 e. The molecule has 2 aromatic rings. The Hall–Kier alpha value is -1.63. The van der Waals surface area contributed by atoms with E-state index in [0.717, 1.165) is 31.6 Å². The van der Waals surface area contributed by atoms with E-state index < -0.39 is 0 Å². The number of hydrogen-bond donors (Lipinski definition) is 1. The summed E-state index contributed by atoms with van der Waals surface area (Å²) in [7, 11) is 1.87. The molecule has 1 fully saturated rings. The van der Waals surface area contributed by atoms with Crippen LogP contribution in [0.1, 0.15) is 43.5 Å². The summed E-state index contributed by atoms with van der Waals surface area (Å²) in [6, 6.07) is 6.39. The maximum atomic E-state index is 14.0. The summed E-state index contributed by atoms with van der Waals surface area (Å²) < 4.78 is 27.6. The van der Waals surface area contributed by atoms with Crippen LogP contribution in [0.3, 0.4) is 0 Å². The molecule has 1 saturated heterocycles. The number of halogens is 2. The van der Waals surface area contributed by atoms with Crippen molar-refractivity contribution >= 4 is 11.6 Å². The average Bonchev–Trinajstić information content (AvgIpc) is 3.05. The molecule has 7 heteroatoms. The summed E-state index contributed by atoms with van der Waals surface area (Å²) in [4.78, 5) is 0. The Morgan fingerprint density at radius 1 is 1.42 bits per heavy atom. The minimum atomic E-state index is -0.334. The van der Waals surface area contributed by atoms with E-state index >= 15 is 0 Å². The second-order valence-electron chi connectivity index (χ2n) is 6.62. The predicted octanol–water partition coefficient (Wildman–Crippen LogP) is 4.10. The fourth-order valence-electron chi connectivity index (χ4n) is 3.20. The van der Waals surface area contributed by atoms with Gasteiger partial charge in [-0.3, -0.25) is 0 Å². The van der Waals surface area contributed by atoms with Crippen LogP contribution in [0.15, 0.2) is 24.3 Å². The molecule has 0 bridgehead atoms. The number of nitrogens with zero attached hydrogens (tertiary/aromatic N) is 2. The van der Waals surface area contributed by atoms with Crippen molar-refractivity contribution in [3.05, 3.63) is 46.4 Å². The number of aromatic nitrogens is 2. The van der Waals surface area contributed by atoms with E-state index in [1.807, 2.05) is 17.8 Å². The average molecular weight is 382 g/mol. The van der Waals surface area contributed by atoms with Gasteiger partial charge in [0.15, 0.2) is 0 Å². The lowest BCUT2D eigenvalue weighted by Crippen LogP contribution is -2.29. The summed E-state index contributed by atoms with van der Waals surface area (Å²) in [5.41, 5.74) is 1.29. The van der Waals surface area contributed by atoms with Gasteiger partial charge in [0.1, 0.15) is 12.4 Å². The van der Waals surface area contributed by atoms with E-state index in [0.29, 0.717) is 23.0 Å². The Kier molecular flexibility index (Phi) is 6.51. The standard InChI is InChI=1S/C19H25ClFN3O2/c1-13(18-5-3-4-8-25-18)24-19(10-16(23-24)11-22-2)26-12-14-9-15(20)6-7-17(14)21/h6-7,9-10,13,18,22H,3-5,8,11-12H2,1-2H3. The summed E-state index contributed by atoms with van der Waals surface area (Å²) in [6.45, 7) is 3.59. The van der Waals surface area contributed by atoms with E-state index in [1.54, 1.807) is 6.07 Å². The van der Waals surface area contributed by atoms with E-state index in [9.17, 15) is 4.39 Å². The molecule has 3 rings (SSSR count). The molecular formula is C19H25ClFN3O2. The molecule has 0 spiro atoms. The van der Waals surface area contributed by atoms with E-state index in [2.05, 4.69) is 17.3 Å². The van der Waals surface area contributed by atoms with Gasteiger partial charge in [-0.25, -0.2) is 9.07 Å². The van der Waals surface area contributed by atoms with Crippen molar-refractivity contribution in [2.45, 2.75) is 51.5 Å². The monoisotopic (exact) mass is 381 g/mol. The van der Waals surface area contributed by atoms with Crippen molar-refractivity contribution in [3.63, 3.8) is 0 Å². The van der Waals surface area contributed by atoms with E-state index in [-0.39, 0.29) is 24.6 Å². The molecule has 0 saturated carbocycles. The first kappa shape index (κ1) is 19.1. The van der Waals surface area contributed by atoms with Gasteiger partial charge in [-0.1, -0.05) is 11.6 Å². The number of rotatable bonds is 7.